The zero-order chi connectivity index (χ0) is 10.2. The van der Waals surface area contributed by atoms with Crippen molar-refractivity contribution in [2.45, 2.75) is 57.9 Å². The molecule has 1 saturated heterocycles. The average Bonchev–Trinajstić information content (AvgIpc) is 2.58. The van der Waals surface area contributed by atoms with Gasteiger partial charge in [0.2, 0.25) is 5.91 Å². The van der Waals surface area contributed by atoms with Crippen LogP contribution in [0.3, 0.4) is 0 Å². The zero-order valence-electron chi connectivity index (χ0n) is 9.38. The van der Waals surface area contributed by atoms with Crippen molar-refractivity contribution in [2.24, 2.45) is 5.92 Å². The molecule has 1 amide bonds. The summed E-state index contributed by atoms with van der Waals surface area (Å²) in [6.07, 6.45) is 6.86. The molecule has 1 aliphatic heterocycles. The molecule has 2 heteroatoms. The molecular weight excluding hydrogens is 174 g/mol. The number of rotatable bonds is 1. The van der Waals surface area contributed by atoms with Crippen LogP contribution in [0.4, 0.5) is 0 Å². The van der Waals surface area contributed by atoms with Crippen LogP contribution >= 0.6 is 0 Å². The number of amides is 1. The van der Waals surface area contributed by atoms with E-state index in [1.54, 1.807) is 0 Å². The average molecular weight is 195 g/mol. The summed E-state index contributed by atoms with van der Waals surface area (Å²) in [6, 6.07) is 0. The molecule has 14 heavy (non-hydrogen) atoms. The summed E-state index contributed by atoms with van der Waals surface area (Å²) < 4.78 is 0. The molecular formula is C12H21NO. The fraction of sp³-hybridized carbons (Fsp3) is 0.917. The fourth-order valence-corrected chi connectivity index (χ4v) is 2.87. The number of nitrogens with zero attached hydrogens (tertiary/aromatic N) is 1. The van der Waals surface area contributed by atoms with Crippen LogP contribution < -0.4 is 0 Å². The summed E-state index contributed by atoms with van der Waals surface area (Å²) in [5.74, 6) is 1.25. The molecule has 2 fully saturated rings. The normalized spacial score (nSPS) is 39.1. The molecule has 2 rings (SSSR count). The van der Waals surface area contributed by atoms with Gasteiger partial charge in [-0.05, 0) is 44.9 Å². The van der Waals surface area contributed by atoms with Crippen LogP contribution in [-0.4, -0.2) is 22.9 Å². The van der Waals surface area contributed by atoms with E-state index < -0.39 is 0 Å². The first-order valence-corrected chi connectivity index (χ1v) is 5.92. The van der Waals surface area contributed by atoms with Crippen LogP contribution in [0, 0.1) is 5.92 Å². The van der Waals surface area contributed by atoms with Crippen molar-refractivity contribution in [1.29, 1.82) is 0 Å². The third-order valence-corrected chi connectivity index (χ3v) is 4.08. The van der Waals surface area contributed by atoms with Gasteiger partial charge in [0.15, 0.2) is 0 Å². The van der Waals surface area contributed by atoms with Gasteiger partial charge in [-0.25, -0.2) is 0 Å². The monoisotopic (exact) mass is 195 g/mol. The van der Waals surface area contributed by atoms with Crippen molar-refractivity contribution >= 4 is 5.91 Å². The first kappa shape index (κ1) is 10.0. The van der Waals surface area contributed by atoms with E-state index in [1.165, 1.54) is 25.7 Å². The molecule has 0 spiro atoms. The number of hydrogen-bond donors (Lipinski definition) is 0. The summed E-state index contributed by atoms with van der Waals surface area (Å²) in [7, 11) is 0. The van der Waals surface area contributed by atoms with E-state index in [-0.39, 0.29) is 5.54 Å². The third-order valence-electron chi connectivity index (χ3n) is 4.08. The van der Waals surface area contributed by atoms with Crippen LogP contribution in [0.15, 0.2) is 0 Å². The van der Waals surface area contributed by atoms with Crippen LogP contribution in [0.25, 0.3) is 0 Å². The molecule has 0 bridgehead atoms. The van der Waals surface area contributed by atoms with Crippen molar-refractivity contribution in [3.8, 4) is 0 Å². The van der Waals surface area contributed by atoms with E-state index in [0.29, 0.717) is 5.91 Å². The molecule has 0 aromatic carbocycles. The van der Waals surface area contributed by atoms with Gasteiger partial charge in [0, 0.05) is 18.5 Å². The molecule has 1 aliphatic carbocycles. The van der Waals surface area contributed by atoms with Gasteiger partial charge < -0.3 is 4.90 Å². The predicted molar refractivity (Wildman–Crippen MR) is 57.0 cm³/mol. The molecule has 2 nitrogen and oxygen atoms in total. The highest BCUT2D eigenvalue weighted by molar-refractivity contribution is 5.78. The second-order valence-electron chi connectivity index (χ2n) is 5.33. The summed E-state index contributed by atoms with van der Waals surface area (Å²) in [5.41, 5.74) is 0.195. The molecule has 0 atom stereocenters. The predicted octanol–water partition coefficient (Wildman–Crippen LogP) is 2.58. The van der Waals surface area contributed by atoms with Gasteiger partial charge in [0.1, 0.15) is 0 Å². The number of likely N-dealkylation sites (tertiary alicyclic amines) is 1. The molecule has 1 heterocycles. The number of carbonyl (C=O) groups excluding carboxylic acids is 1. The summed E-state index contributed by atoms with van der Waals surface area (Å²) >= 11 is 0. The Kier molecular flexibility index (Phi) is 2.54. The first-order chi connectivity index (χ1) is 6.62. The summed E-state index contributed by atoms with van der Waals surface area (Å²) in [4.78, 5) is 13.8. The molecule has 80 valence electrons. The Labute approximate surface area is 86.7 Å². The minimum Gasteiger partial charge on any atom is -0.337 e. The van der Waals surface area contributed by atoms with Gasteiger partial charge in [0.05, 0.1) is 0 Å². The van der Waals surface area contributed by atoms with Crippen LogP contribution in [-0.2, 0) is 4.79 Å². The fourth-order valence-electron chi connectivity index (χ4n) is 2.87. The zero-order valence-corrected chi connectivity index (χ0v) is 9.38. The smallest absolute Gasteiger partial charge is 0.223 e. The quantitative estimate of drug-likeness (QED) is 0.629. The standard InChI is InChI=1S/C12H21NO/c1-10-5-7-12(2,8-6-10)13-9-3-4-11(13)14/h10H,3-9H2,1-2H3. The maximum Gasteiger partial charge on any atom is 0.223 e. The van der Waals surface area contributed by atoms with Crippen molar-refractivity contribution < 1.29 is 4.79 Å². The Morgan fingerprint density at radius 2 is 2.00 bits per heavy atom. The number of hydrogen-bond acceptors (Lipinski definition) is 1. The van der Waals surface area contributed by atoms with E-state index in [4.69, 9.17) is 0 Å². The molecule has 0 unspecified atom stereocenters. The van der Waals surface area contributed by atoms with Crippen molar-refractivity contribution in [3.05, 3.63) is 0 Å². The highest BCUT2D eigenvalue weighted by atomic mass is 16.2. The Morgan fingerprint density at radius 3 is 2.50 bits per heavy atom. The minimum absolute atomic E-state index is 0.195. The topological polar surface area (TPSA) is 20.3 Å². The SMILES string of the molecule is CC1CCC(C)(N2CCCC2=O)CC1. The molecule has 0 aromatic rings. The van der Waals surface area contributed by atoms with Crippen LogP contribution in [0.1, 0.15) is 52.4 Å². The largest absolute Gasteiger partial charge is 0.337 e. The Hall–Kier alpha value is -0.530. The lowest BCUT2D eigenvalue weighted by Gasteiger charge is -2.43. The third kappa shape index (κ3) is 1.67. The van der Waals surface area contributed by atoms with E-state index in [1.807, 2.05) is 0 Å². The minimum atomic E-state index is 0.195. The van der Waals surface area contributed by atoms with E-state index in [9.17, 15) is 4.79 Å². The van der Waals surface area contributed by atoms with Crippen LogP contribution in [0.2, 0.25) is 0 Å². The molecule has 2 aliphatic rings. The van der Waals surface area contributed by atoms with E-state index >= 15 is 0 Å². The van der Waals surface area contributed by atoms with Gasteiger partial charge in [-0.2, -0.15) is 0 Å². The van der Waals surface area contributed by atoms with Crippen molar-refractivity contribution in [2.75, 3.05) is 6.54 Å². The van der Waals surface area contributed by atoms with Gasteiger partial charge in [-0.15, -0.1) is 0 Å². The van der Waals surface area contributed by atoms with E-state index in [2.05, 4.69) is 18.7 Å². The maximum atomic E-state index is 11.7. The van der Waals surface area contributed by atoms with Crippen molar-refractivity contribution in [3.63, 3.8) is 0 Å². The molecule has 0 radical (unpaired) electrons. The van der Waals surface area contributed by atoms with Crippen molar-refractivity contribution in [1.82, 2.24) is 4.90 Å². The lowest BCUT2D eigenvalue weighted by Crippen LogP contribution is -2.49. The van der Waals surface area contributed by atoms with Gasteiger partial charge >= 0.3 is 0 Å². The van der Waals surface area contributed by atoms with Gasteiger partial charge in [-0.1, -0.05) is 6.92 Å². The lowest BCUT2D eigenvalue weighted by atomic mass is 9.77. The van der Waals surface area contributed by atoms with Crippen LogP contribution in [0.5, 0.6) is 0 Å². The maximum absolute atomic E-state index is 11.7. The first-order valence-electron chi connectivity index (χ1n) is 5.92. The lowest BCUT2D eigenvalue weighted by molar-refractivity contribution is -0.134. The summed E-state index contributed by atoms with van der Waals surface area (Å²) in [5, 5.41) is 0. The summed E-state index contributed by atoms with van der Waals surface area (Å²) in [6.45, 7) is 5.61. The van der Waals surface area contributed by atoms with Gasteiger partial charge in [-0.3, -0.25) is 4.79 Å². The Bertz CT molecular complexity index is 228. The molecule has 0 aromatic heterocycles. The van der Waals surface area contributed by atoms with Gasteiger partial charge in [0.25, 0.3) is 0 Å². The van der Waals surface area contributed by atoms with E-state index in [0.717, 1.165) is 25.3 Å². The highest BCUT2D eigenvalue weighted by Gasteiger charge is 2.39. The number of carbonyl (C=O) groups is 1. The second-order valence-corrected chi connectivity index (χ2v) is 5.33. The Morgan fingerprint density at radius 1 is 1.36 bits per heavy atom. The molecule has 0 N–H and O–H groups in total. The second kappa shape index (κ2) is 3.56. The molecule has 1 saturated carbocycles. The Balaban J connectivity index is 2.04. The highest BCUT2D eigenvalue weighted by Crippen LogP contribution is 2.37.